The Balaban J connectivity index is 1.67. The molecule has 9 heteroatoms. The minimum absolute atomic E-state index is 0.0672. The lowest BCUT2D eigenvalue weighted by molar-refractivity contribution is 0.353. The van der Waals surface area contributed by atoms with E-state index in [1.54, 1.807) is 7.11 Å². The number of methoxy groups -OCH3 is 1. The SMILES string of the molecule is COc1ccccc1-c1noc(Cn2c(-c3cccs3)noc2=O)n1. The number of para-hydroxylation sites is 1. The van der Waals surface area contributed by atoms with Crippen LogP contribution in [0.2, 0.25) is 0 Å². The molecule has 8 nitrogen and oxygen atoms in total. The molecule has 0 saturated heterocycles. The summed E-state index contributed by atoms with van der Waals surface area (Å²) in [4.78, 5) is 17.1. The summed E-state index contributed by atoms with van der Waals surface area (Å²) in [6.07, 6.45) is 0. The molecule has 0 N–H and O–H groups in total. The second-order valence-corrected chi connectivity index (χ2v) is 6.00. The van der Waals surface area contributed by atoms with Crippen LogP contribution in [0, 0.1) is 0 Å². The number of aromatic nitrogens is 4. The van der Waals surface area contributed by atoms with Crippen LogP contribution in [0.15, 0.2) is 55.6 Å². The van der Waals surface area contributed by atoms with E-state index in [0.717, 1.165) is 4.88 Å². The molecule has 25 heavy (non-hydrogen) atoms. The summed E-state index contributed by atoms with van der Waals surface area (Å²) < 4.78 is 16.7. The molecule has 3 aromatic heterocycles. The van der Waals surface area contributed by atoms with Crippen LogP contribution in [0.4, 0.5) is 0 Å². The fourth-order valence-corrected chi connectivity index (χ4v) is 3.10. The molecule has 0 aliphatic heterocycles. The summed E-state index contributed by atoms with van der Waals surface area (Å²) in [6.45, 7) is 0.0672. The fraction of sp³-hybridized carbons (Fsp3) is 0.125. The number of thiophene rings is 1. The maximum absolute atomic E-state index is 11.9. The molecule has 3 heterocycles. The molecule has 0 atom stereocenters. The van der Waals surface area contributed by atoms with E-state index in [0.29, 0.717) is 23.0 Å². The first-order valence-electron chi connectivity index (χ1n) is 7.32. The van der Waals surface area contributed by atoms with E-state index in [2.05, 4.69) is 15.3 Å². The van der Waals surface area contributed by atoms with Crippen molar-refractivity contribution in [3.8, 4) is 27.8 Å². The Hall–Kier alpha value is -3.20. The number of nitrogens with zero attached hydrogens (tertiary/aromatic N) is 4. The van der Waals surface area contributed by atoms with Crippen LogP contribution in [-0.2, 0) is 6.54 Å². The standard InChI is InChI=1S/C16H12N4O4S/c1-22-11-6-3-2-5-10(11)14-17-13(23-18-14)9-20-15(19-24-16(20)21)12-7-4-8-25-12/h2-8H,9H2,1H3. The highest BCUT2D eigenvalue weighted by molar-refractivity contribution is 7.13. The number of rotatable bonds is 5. The van der Waals surface area contributed by atoms with E-state index in [4.69, 9.17) is 13.8 Å². The molecule has 1 aromatic carbocycles. The van der Waals surface area contributed by atoms with Gasteiger partial charge in [-0.3, -0.25) is 4.52 Å². The van der Waals surface area contributed by atoms with Crippen molar-refractivity contribution in [2.45, 2.75) is 6.54 Å². The van der Waals surface area contributed by atoms with Crippen molar-refractivity contribution >= 4 is 11.3 Å². The Morgan fingerprint density at radius 3 is 2.84 bits per heavy atom. The summed E-state index contributed by atoms with van der Waals surface area (Å²) in [5.74, 6) is 1.13. The average molecular weight is 356 g/mol. The van der Waals surface area contributed by atoms with Gasteiger partial charge < -0.3 is 9.26 Å². The number of benzene rings is 1. The fourth-order valence-electron chi connectivity index (χ4n) is 2.38. The van der Waals surface area contributed by atoms with E-state index < -0.39 is 5.76 Å². The van der Waals surface area contributed by atoms with Crippen LogP contribution >= 0.6 is 11.3 Å². The van der Waals surface area contributed by atoms with Gasteiger partial charge in [-0.2, -0.15) is 4.98 Å². The third-order valence-electron chi connectivity index (χ3n) is 3.54. The van der Waals surface area contributed by atoms with Gasteiger partial charge in [-0.1, -0.05) is 28.5 Å². The molecule has 0 fully saturated rings. The average Bonchev–Trinajstić information content (AvgIpc) is 3.38. The first kappa shape index (κ1) is 15.3. The van der Waals surface area contributed by atoms with E-state index in [-0.39, 0.29) is 12.4 Å². The monoisotopic (exact) mass is 356 g/mol. The maximum atomic E-state index is 11.9. The van der Waals surface area contributed by atoms with Crippen LogP contribution in [0.5, 0.6) is 5.75 Å². The molecule has 0 aliphatic carbocycles. The molecule has 0 bridgehead atoms. The molecule has 0 radical (unpaired) electrons. The normalized spacial score (nSPS) is 10.9. The van der Waals surface area contributed by atoms with Crippen LogP contribution in [0.3, 0.4) is 0 Å². The van der Waals surface area contributed by atoms with Crippen molar-refractivity contribution in [2.75, 3.05) is 7.11 Å². The lowest BCUT2D eigenvalue weighted by atomic mass is 10.2. The smallest absolute Gasteiger partial charge is 0.442 e. The molecule has 0 aliphatic rings. The van der Waals surface area contributed by atoms with Crippen molar-refractivity contribution < 1.29 is 13.8 Å². The van der Waals surface area contributed by atoms with E-state index in [1.807, 2.05) is 41.8 Å². The zero-order valence-electron chi connectivity index (χ0n) is 13.1. The first-order chi connectivity index (χ1) is 12.3. The predicted molar refractivity (Wildman–Crippen MR) is 89.5 cm³/mol. The van der Waals surface area contributed by atoms with Gasteiger partial charge in [0.25, 0.3) is 0 Å². The van der Waals surface area contributed by atoms with Crippen molar-refractivity contribution in [2.24, 2.45) is 0 Å². The molecule has 4 rings (SSSR count). The lowest BCUT2D eigenvalue weighted by Crippen LogP contribution is -2.16. The van der Waals surface area contributed by atoms with Gasteiger partial charge in [-0.15, -0.1) is 11.3 Å². The largest absolute Gasteiger partial charge is 0.496 e. The molecular weight excluding hydrogens is 344 g/mol. The molecule has 0 amide bonds. The Bertz CT molecular complexity index is 1050. The third kappa shape index (κ3) is 2.85. The molecular formula is C16H12N4O4S. The van der Waals surface area contributed by atoms with E-state index >= 15 is 0 Å². The van der Waals surface area contributed by atoms with Crippen LogP contribution in [-0.4, -0.2) is 27.0 Å². The molecule has 0 saturated carbocycles. The van der Waals surface area contributed by atoms with E-state index in [9.17, 15) is 4.79 Å². The van der Waals surface area contributed by atoms with Gasteiger partial charge in [-0.25, -0.2) is 9.36 Å². The lowest BCUT2D eigenvalue weighted by Gasteiger charge is -2.03. The van der Waals surface area contributed by atoms with Gasteiger partial charge in [0.2, 0.25) is 11.7 Å². The minimum Gasteiger partial charge on any atom is -0.496 e. The Morgan fingerprint density at radius 1 is 1.16 bits per heavy atom. The highest BCUT2D eigenvalue weighted by atomic mass is 32.1. The Morgan fingerprint density at radius 2 is 2.04 bits per heavy atom. The van der Waals surface area contributed by atoms with Gasteiger partial charge >= 0.3 is 5.76 Å². The summed E-state index contributed by atoms with van der Waals surface area (Å²) in [5.41, 5.74) is 0.705. The molecule has 4 aromatic rings. The summed E-state index contributed by atoms with van der Waals surface area (Å²) in [5, 5.41) is 9.68. The summed E-state index contributed by atoms with van der Waals surface area (Å²) >= 11 is 1.46. The highest BCUT2D eigenvalue weighted by Gasteiger charge is 2.18. The predicted octanol–water partition coefficient (Wildman–Crippen LogP) is 2.67. The number of hydrogen-bond donors (Lipinski definition) is 0. The second kappa shape index (κ2) is 6.36. The molecule has 126 valence electrons. The van der Waals surface area contributed by atoms with Gasteiger partial charge in [0.05, 0.1) is 17.6 Å². The number of hydrogen-bond acceptors (Lipinski definition) is 8. The second-order valence-electron chi connectivity index (χ2n) is 5.05. The van der Waals surface area contributed by atoms with Gasteiger partial charge in [-0.05, 0) is 23.6 Å². The van der Waals surface area contributed by atoms with Gasteiger partial charge in [0, 0.05) is 0 Å². The first-order valence-corrected chi connectivity index (χ1v) is 8.20. The summed E-state index contributed by atoms with van der Waals surface area (Å²) in [7, 11) is 1.57. The Kier molecular flexibility index (Phi) is 3.90. The minimum atomic E-state index is -0.583. The van der Waals surface area contributed by atoms with Crippen molar-refractivity contribution in [3.05, 3.63) is 58.2 Å². The van der Waals surface area contributed by atoms with Gasteiger partial charge in [0.15, 0.2) is 5.82 Å². The van der Waals surface area contributed by atoms with Crippen LogP contribution in [0.25, 0.3) is 22.1 Å². The summed E-state index contributed by atoms with van der Waals surface area (Å²) in [6, 6.07) is 11.1. The van der Waals surface area contributed by atoms with Crippen LogP contribution < -0.4 is 10.5 Å². The third-order valence-corrected chi connectivity index (χ3v) is 4.40. The quantitative estimate of drug-likeness (QED) is 0.542. The number of ether oxygens (including phenoxy) is 1. The van der Waals surface area contributed by atoms with Crippen molar-refractivity contribution in [1.82, 2.24) is 19.9 Å². The highest BCUT2D eigenvalue weighted by Crippen LogP contribution is 2.27. The Labute approximate surface area is 145 Å². The van der Waals surface area contributed by atoms with Crippen LogP contribution in [0.1, 0.15) is 5.89 Å². The topological polar surface area (TPSA) is 96.2 Å². The molecule has 0 spiro atoms. The van der Waals surface area contributed by atoms with Crippen molar-refractivity contribution in [3.63, 3.8) is 0 Å². The van der Waals surface area contributed by atoms with Gasteiger partial charge in [0.1, 0.15) is 12.3 Å². The molecule has 0 unspecified atom stereocenters. The maximum Gasteiger partial charge on any atom is 0.442 e. The zero-order valence-corrected chi connectivity index (χ0v) is 13.9. The van der Waals surface area contributed by atoms with E-state index in [1.165, 1.54) is 15.9 Å². The zero-order chi connectivity index (χ0) is 17.2. The van der Waals surface area contributed by atoms with Crippen molar-refractivity contribution in [1.29, 1.82) is 0 Å².